The number of rotatable bonds is 4. The van der Waals surface area contributed by atoms with Gasteiger partial charge in [0.25, 0.3) is 0 Å². The van der Waals surface area contributed by atoms with Gasteiger partial charge >= 0.3 is 0 Å². The van der Waals surface area contributed by atoms with Crippen LogP contribution in [0.5, 0.6) is 0 Å². The molecule has 0 bridgehead atoms. The molecule has 0 radical (unpaired) electrons. The second-order valence-electron chi connectivity index (χ2n) is 8.14. The molecule has 1 saturated heterocycles. The Balaban J connectivity index is 0.00000243. The molecule has 1 aliphatic carbocycles. The van der Waals surface area contributed by atoms with E-state index in [-0.39, 0.29) is 41.7 Å². The molecule has 1 aromatic carbocycles. The van der Waals surface area contributed by atoms with Crippen LogP contribution in [0.3, 0.4) is 0 Å². The number of aliphatic imine (C=N–C) groups is 1. The second-order valence-corrected chi connectivity index (χ2v) is 8.14. The number of fused-ring (bicyclic) bond motifs is 1. The van der Waals surface area contributed by atoms with Gasteiger partial charge in [-0.2, -0.15) is 0 Å². The van der Waals surface area contributed by atoms with Gasteiger partial charge in [-0.15, -0.1) is 24.0 Å². The number of guanidine groups is 1. The van der Waals surface area contributed by atoms with Crippen LogP contribution >= 0.6 is 24.0 Å². The van der Waals surface area contributed by atoms with Crippen LogP contribution in [0.2, 0.25) is 0 Å². The molecule has 1 heterocycles. The first-order valence-corrected chi connectivity index (χ1v) is 9.43. The summed E-state index contributed by atoms with van der Waals surface area (Å²) in [6.45, 7) is 11.2. The summed E-state index contributed by atoms with van der Waals surface area (Å²) in [5.41, 5.74) is 10.0. The molecule has 146 valence electrons. The quantitative estimate of drug-likeness (QED) is 0.401. The van der Waals surface area contributed by atoms with E-state index in [1.165, 1.54) is 30.4 Å². The maximum absolute atomic E-state index is 6.14. The first kappa shape index (κ1) is 21.4. The van der Waals surface area contributed by atoms with Gasteiger partial charge in [-0.3, -0.25) is 9.89 Å². The first-order valence-electron chi connectivity index (χ1n) is 9.43. The standard InChI is InChI=1S/C20H32N4O.HI/c1-14-11-24(12-15(2)25-14)20(3,4)13-22-19(21)23-18-9-8-16-6-5-7-17(16)10-18;/h8-10,14-15H,5-7,11-13H2,1-4H3,(H3,21,22,23);1H. The topological polar surface area (TPSA) is 62.9 Å². The minimum atomic E-state index is -0.0451. The van der Waals surface area contributed by atoms with Gasteiger partial charge in [0.05, 0.1) is 18.8 Å². The number of nitrogens with zero attached hydrogens (tertiary/aromatic N) is 2. The van der Waals surface area contributed by atoms with Crippen molar-refractivity contribution in [2.24, 2.45) is 10.7 Å². The van der Waals surface area contributed by atoms with Crippen molar-refractivity contribution in [1.82, 2.24) is 4.90 Å². The summed E-state index contributed by atoms with van der Waals surface area (Å²) in [6.07, 6.45) is 4.14. The monoisotopic (exact) mass is 472 g/mol. The van der Waals surface area contributed by atoms with E-state index in [1.807, 2.05) is 0 Å². The summed E-state index contributed by atoms with van der Waals surface area (Å²) in [4.78, 5) is 7.07. The normalized spacial score (nSPS) is 24.1. The lowest BCUT2D eigenvalue weighted by Crippen LogP contribution is -2.56. The average molecular weight is 472 g/mol. The molecule has 0 spiro atoms. The van der Waals surface area contributed by atoms with E-state index in [4.69, 9.17) is 10.5 Å². The Kier molecular flexibility index (Phi) is 7.33. The van der Waals surface area contributed by atoms with Crippen LogP contribution in [0.15, 0.2) is 23.2 Å². The summed E-state index contributed by atoms with van der Waals surface area (Å²) in [5.74, 6) is 0.486. The second kappa shape index (κ2) is 8.89. The van der Waals surface area contributed by atoms with Crippen LogP contribution in [0.4, 0.5) is 5.69 Å². The zero-order chi connectivity index (χ0) is 18.0. The van der Waals surface area contributed by atoms with Crippen molar-refractivity contribution >= 4 is 35.6 Å². The third-order valence-corrected chi connectivity index (χ3v) is 5.28. The third kappa shape index (κ3) is 5.33. The molecule has 1 aliphatic heterocycles. The number of ether oxygens (including phenoxy) is 1. The van der Waals surface area contributed by atoms with Gasteiger partial charge in [0.15, 0.2) is 5.96 Å². The SMILES string of the molecule is CC1CN(C(C)(C)CN=C(N)Nc2ccc3c(c2)CCC3)CC(C)O1.I. The minimum Gasteiger partial charge on any atom is -0.373 e. The Morgan fingerprint density at radius 3 is 2.58 bits per heavy atom. The molecule has 2 unspecified atom stereocenters. The lowest BCUT2D eigenvalue weighted by Gasteiger charge is -2.44. The van der Waals surface area contributed by atoms with Gasteiger partial charge in [0, 0.05) is 24.3 Å². The van der Waals surface area contributed by atoms with E-state index >= 15 is 0 Å². The summed E-state index contributed by atoms with van der Waals surface area (Å²) in [5, 5.41) is 3.25. The highest BCUT2D eigenvalue weighted by Crippen LogP contribution is 2.25. The molecule has 3 rings (SSSR count). The first-order chi connectivity index (χ1) is 11.8. The van der Waals surface area contributed by atoms with E-state index in [1.54, 1.807) is 0 Å². The highest BCUT2D eigenvalue weighted by molar-refractivity contribution is 14.0. The van der Waals surface area contributed by atoms with E-state index in [2.05, 4.69) is 61.1 Å². The van der Waals surface area contributed by atoms with Crippen LogP contribution in [0.25, 0.3) is 0 Å². The fourth-order valence-corrected chi connectivity index (χ4v) is 3.89. The highest BCUT2D eigenvalue weighted by atomic mass is 127. The summed E-state index contributed by atoms with van der Waals surface area (Å²) >= 11 is 0. The molecule has 2 atom stereocenters. The van der Waals surface area contributed by atoms with Gasteiger partial charge in [0.1, 0.15) is 0 Å². The zero-order valence-corrected chi connectivity index (χ0v) is 18.7. The van der Waals surface area contributed by atoms with Crippen molar-refractivity contribution in [2.75, 3.05) is 25.0 Å². The van der Waals surface area contributed by atoms with Crippen LogP contribution in [-0.2, 0) is 17.6 Å². The van der Waals surface area contributed by atoms with Crippen molar-refractivity contribution in [3.8, 4) is 0 Å². The molecule has 1 fully saturated rings. The number of nitrogens with one attached hydrogen (secondary N) is 1. The molecule has 0 aromatic heterocycles. The summed E-state index contributed by atoms with van der Waals surface area (Å²) in [7, 11) is 0. The average Bonchev–Trinajstić information content (AvgIpc) is 3.00. The Labute approximate surface area is 174 Å². The van der Waals surface area contributed by atoms with Crippen molar-refractivity contribution in [2.45, 2.75) is 64.7 Å². The molecular formula is C20H33IN4O. The van der Waals surface area contributed by atoms with Gasteiger partial charge in [0.2, 0.25) is 0 Å². The smallest absolute Gasteiger partial charge is 0.193 e. The lowest BCUT2D eigenvalue weighted by molar-refractivity contribution is -0.0939. The number of halogens is 1. The van der Waals surface area contributed by atoms with Gasteiger partial charge in [-0.25, -0.2) is 0 Å². The van der Waals surface area contributed by atoms with Crippen LogP contribution in [0, 0.1) is 0 Å². The van der Waals surface area contributed by atoms with E-state index in [0.717, 1.165) is 18.8 Å². The molecule has 5 nitrogen and oxygen atoms in total. The molecule has 3 N–H and O–H groups in total. The Morgan fingerprint density at radius 1 is 1.23 bits per heavy atom. The van der Waals surface area contributed by atoms with E-state index in [9.17, 15) is 0 Å². The van der Waals surface area contributed by atoms with Crippen LogP contribution in [-0.4, -0.2) is 48.2 Å². The molecule has 26 heavy (non-hydrogen) atoms. The predicted molar refractivity (Wildman–Crippen MR) is 120 cm³/mol. The maximum atomic E-state index is 6.14. The summed E-state index contributed by atoms with van der Waals surface area (Å²) < 4.78 is 5.84. The van der Waals surface area contributed by atoms with Crippen molar-refractivity contribution in [3.63, 3.8) is 0 Å². The molecule has 0 saturated carbocycles. The molecular weight excluding hydrogens is 439 g/mol. The molecule has 1 aromatic rings. The Hall–Kier alpha value is -0.860. The van der Waals surface area contributed by atoms with Crippen LogP contribution in [0.1, 0.15) is 45.2 Å². The van der Waals surface area contributed by atoms with Crippen molar-refractivity contribution < 1.29 is 4.74 Å². The number of benzene rings is 1. The van der Waals surface area contributed by atoms with Crippen LogP contribution < -0.4 is 11.1 Å². The largest absolute Gasteiger partial charge is 0.373 e. The number of nitrogens with two attached hydrogens (primary N) is 1. The van der Waals surface area contributed by atoms with Crippen molar-refractivity contribution in [1.29, 1.82) is 0 Å². The fourth-order valence-electron chi connectivity index (χ4n) is 3.89. The number of morpholine rings is 1. The fraction of sp³-hybridized carbons (Fsp3) is 0.650. The summed E-state index contributed by atoms with van der Waals surface area (Å²) in [6, 6.07) is 6.52. The Bertz CT molecular complexity index is 637. The van der Waals surface area contributed by atoms with E-state index in [0.29, 0.717) is 12.5 Å². The van der Waals surface area contributed by atoms with Gasteiger partial charge in [-0.05, 0) is 70.2 Å². The number of hydrogen-bond donors (Lipinski definition) is 2. The number of aryl methyl sites for hydroxylation is 2. The lowest BCUT2D eigenvalue weighted by atomic mass is 10.0. The number of anilines is 1. The third-order valence-electron chi connectivity index (χ3n) is 5.28. The predicted octanol–water partition coefficient (Wildman–Crippen LogP) is 3.41. The molecule has 2 aliphatic rings. The van der Waals surface area contributed by atoms with Gasteiger partial charge < -0.3 is 15.8 Å². The number of hydrogen-bond acceptors (Lipinski definition) is 3. The molecule has 0 amide bonds. The van der Waals surface area contributed by atoms with Crippen molar-refractivity contribution in [3.05, 3.63) is 29.3 Å². The molecule has 6 heteroatoms. The maximum Gasteiger partial charge on any atom is 0.193 e. The zero-order valence-electron chi connectivity index (χ0n) is 16.4. The Morgan fingerprint density at radius 2 is 1.88 bits per heavy atom. The minimum absolute atomic E-state index is 0. The highest BCUT2D eigenvalue weighted by Gasteiger charge is 2.33. The van der Waals surface area contributed by atoms with Gasteiger partial charge in [-0.1, -0.05) is 6.07 Å². The van der Waals surface area contributed by atoms with E-state index < -0.39 is 0 Å².